The molecule has 1 aromatic rings. The molecule has 1 atom stereocenters. The first-order valence-corrected chi connectivity index (χ1v) is 8.15. The zero-order valence-corrected chi connectivity index (χ0v) is 14.8. The molecule has 0 aromatic heterocycles. The molecule has 2 rings (SSSR count). The van der Waals surface area contributed by atoms with Crippen molar-refractivity contribution in [2.45, 2.75) is 58.1 Å². The fraction of sp³-hybridized carbons (Fsp3) is 0.500. The van der Waals surface area contributed by atoms with Gasteiger partial charge in [0.1, 0.15) is 5.75 Å². The van der Waals surface area contributed by atoms with E-state index in [0.29, 0.717) is 10.6 Å². The van der Waals surface area contributed by atoms with Gasteiger partial charge in [0.05, 0.1) is 5.56 Å². The number of aliphatic hydroxyl groups is 1. The Labute approximate surface area is 145 Å². The van der Waals surface area contributed by atoms with E-state index in [1.54, 1.807) is 6.07 Å². The predicted molar refractivity (Wildman–Crippen MR) is 90.3 cm³/mol. The van der Waals surface area contributed by atoms with E-state index in [1.807, 2.05) is 27.7 Å². The number of alkyl halides is 2. The lowest BCUT2D eigenvalue weighted by atomic mass is 9.91. The van der Waals surface area contributed by atoms with E-state index in [1.165, 1.54) is 6.07 Å². The van der Waals surface area contributed by atoms with Crippen LogP contribution < -0.4 is 5.43 Å². The molecule has 1 fully saturated rings. The highest BCUT2D eigenvalue weighted by molar-refractivity contribution is 5.98. The second-order valence-electron chi connectivity index (χ2n) is 7.03. The maximum Gasteiger partial charge on any atom is 0.287 e. The van der Waals surface area contributed by atoms with Gasteiger partial charge in [-0.2, -0.15) is 0 Å². The maximum atomic E-state index is 13.4. The van der Waals surface area contributed by atoms with Crippen LogP contribution >= 0.6 is 0 Å². The van der Waals surface area contributed by atoms with Crippen LogP contribution in [0.25, 0.3) is 0 Å². The minimum atomic E-state index is -3.19. The second-order valence-corrected chi connectivity index (χ2v) is 7.03. The molecular formula is C18H24F2N2O3. The van der Waals surface area contributed by atoms with Gasteiger partial charge in [0.2, 0.25) is 5.72 Å². The number of hydrazine groups is 1. The maximum absolute atomic E-state index is 13.4. The first-order valence-electron chi connectivity index (χ1n) is 8.15. The normalized spacial score (nSPS) is 20.7. The van der Waals surface area contributed by atoms with Gasteiger partial charge < -0.3 is 10.2 Å². The Morgan fingerprint density at radius 1 is 1.28 bits per heavy atom. The monoisotopic (exact) mass is 354 g/mol. The first-order chi connectivity index (χ1) is 11.5. The summed E-state index contributed by atoms with van der Waals surface area (Å²) in [4.78, 5) is 12.9. The van der Waals surface area contributed by atoms with Gasteiger partial charge in [0.25, 0.3) is 12.3 Å². The molecule has 138 valence electrons. The number of rotatable bonds is 4. The molecule has 1 amide bonds. The number of benzene rings is 1. The van der Waals surface area contributed by atoms with Crippen LogP contribution in [0.3, 0.4) is 0 Å². The Hall–Kier alpha value is -2.15. The molecule has 1 aliphatic heterocycles. The van der Waals surface area contributed by atoms with E-state index >= 15 is 0 Å². The number of carbonyl (C=O) groups is 1. The summed E-state index contributed by atoms with van der Waals surface area (Å²) in [5.74, 6) is -1.19. The van der Waals surface area contributed by atoms with E-state index in [0.717, 1.165) is 5.56 Å². The number of nitrogens with zero attached hydrogens (tertiary/aromatic N) is 1. The Morgan fingerprint density at radius 2 is 1.88 bits per heavy atom. The number of phenols is 1. The van der Waals surface area contributed by atoms with Gasteiger partial charge in [-0.25, -0.2) is 13.8 Å². The van der Waals surface area contributed by atoms with Gasteiger partial charge >= 0.3 is 0 Å². The number of aromatic hydroxyl groups is 1. The molecule has 1 aliphatic rings. The molecule has 1 aromatic carbocycles. The van der Waals surface area contributed by atoms with Gasteiger partial charge in [-0.1, -0.05) is 40.3 Å². The van der Waals surface area contributed by atoms with Gasteiger partial charge in [-0.3, -0.25) is 10.2 Å². The van der Waals surface area contributed by atoms with Crippen molar-refractivity contribution >= 4 is 5.91 Å². The molecular weight excluding hydrogens is 330 g/mol. The number of nitrogens with one attached hydrogen (secondary N) is 1. The fourth-order valence-corrected chi connectivity index (χ4v) is 2.83. The van der Waals surface area contributed by atoms with Gasteiger partial charge in [0.15, 0.2) is 0 Å². The number of hydrogen-bond donors (Lipinski definition) is 3. The summed E-state index contributed by atoms with van der Waals surface area (Å²) in [5, 5.41) is 21.2. The van der Waals surface area contributed by atoms with Crippen LogP contribution in [-0.4, -0.2) is 33.3 Å². The molecule has 0 spiro atoms. The highest BCUT2D eigenvalue weighted by Crippen LogP contribution is 2.37. The average Bonchev–Trinajstić information content (AvgIpc) is 2.82. The molecule has 1 saturated heterocycles. The van der Waals surface area contributed by atoms with Crippen molar-refractivity contribution in [3.63, 3.8) is 0 Å². The minimum absolute atomic E-state index is 0.0688. The van der Waals surface area contributed by atoms with Gasteiger partial charge in [-0.05, 0) is 29.0 Å². The van der Waals surface area contributed by atoms with Crippen molar-refractivity contribution in [2.24, 2.45) is 0 Å². The summed E-state index contributed by atoms with van der Waals surface area (Å²) < 4.78 is 26.7. The average molecular weight is 354 g/mol. The molecule has 0 bridgehead atoms. The van der Waals surface area contributed by atoms with Crippen molar-refractivity contribution < 1.29 is 23.8 Å². The first kappa shape index (κ1) is 19.2. The van der Waals surface area contributed by atoms with Crippen LogP contribution in [0.2, 0.25) is 0 Å². The lowest BCUT2D eigenvalue weighted by molar-refractivity contribution is -0.168. The molecule has 0 saturated carbocycles. The number of carbonyl (C=O) groups excluding carboxylic acids is 1. The lowest BCUT2D eigenvalue weighted by Crippen LogP contribution is -2.55. The lowest BCUT2D eigenvalue weighted by Gasteiger charge is -2.31. The van der Waals surface area contributed by atoms with Crippen LogP contribution in [0, 0.1) is 0 Å². The van der Waals surface area contributed by atoms with Crippen LogP contribution in [0.4, 0.5) is 8.78 Å². The molecule has 1 unspecified atom stereocenters. The van der Waals surface area contributed by atoms with Crippen molar-refractivity contribution in [3.8, 4) is 5.75 Å². The highest BCUT2D eigenvalue weighted by Gasteiger charge is 2.52. The Balaban J connectivity index is 2.57. The zero-order chi connectivity index (χ0) is 19.1. The quantitative estimate of drug-likeness (QED) is 0.774. The fourth-order valence-electron chi connectivity index (χ4n) is 2.83. The summed E-state index contributed by atoms with van der Waals surface area (Å²) in [6, 6.07) is 3.28. The van der Waals surface area contributed by atoms with Gasteiger partial charge in [-0.15, -0.1) is 0 Å². The van der Waals surface area contributed by atoms with Crippen molar-refractivity contribution in [1.82, 2.24) is 10.4 Å². The molecule has 5 nitrogen and oxygen atoms in total. The van der Waals surface area contributed by atoms with Crippen molar-refractivity contribution in [3.05, 3.63) is 41.1 Å². The van der Waals surface area contributed by atoms with Crippen LogP contribution in [0.5, 0.6) is 5.75 Å². The minimum Gasteiger partial charge on any atom is -0.507 e. The van der Waals surface area contributed by atoms with E-state index in [4.69, 9.17) is 0 Å². The van der Waals surface area contributed by atoms with E-state index in [9.17, 15) is 23.8 Å². The standard InChI is InChI=1S/C18H24F2N2O3/c1-9(2)12-6-13(10(3)4)15(23)14(7-12)16(24)22-18(25,17(19)20)8-11(5)21-22/h6-7,9-10,17,21,23,25H,5,8H2,1-4H3. The van der Waals surface area contributed by atoms with Crippen LogP contribution in [0.1, 0.15) is 67.4 Å². The van der Waals surface area contributed by atoms with Crippen LogP contribution in [0.15, 0.2) is 24.4 Å². The second kappa shape index (κ2) is 6.63. The Bertz CT molecular complexity index is 704. The summed E-state index contributed by atoms with van der Waals surface area (Å²) in [7, 11) is 0. The van der Waals surface area contributed by atoms with Crippen LogP contribution in [-0.2, 0) is 0 Å². The molecule has 0 aliphatic carbocycles. The van der Waals surface area contributed by atoms with E-state index in [2.05, 4.69) is 12.0 Å². The summed E-state index contributed by atoms with van der Waals surface area (Å²) in [6.45, 7) is 11.1. The largest absolute Gasteiger partial charge is 0.507 e. The smallest absolute Gasteiger partial charge is 0.287 e. The Morgan fingerprint density at radius 3 is 2.36 bits per heavy atom. The molecule has 25 heavy (non-hydrogen) atoms. The third kappa shape index (κ3) is 3.33. The number of halogens is 2. The number of amides is 1. The van der Waals surface area contributed by atoms with Crippen molar-refractivity contribution in [1.29, 1.82) is 0 Å². The topological polar surface area (TPSA) is 72.8 Å². The highest BCUT2D eigenvalue weighted by atomic mass is 19.3. The molecule has 1 heterocycles. The number of phenolic OH excluding ortho intramolecular Hbond substituents is 1. The van der Waals surface area contributed by atoms with Crippen molar-refractivity contribution in [2.75, 3.05) is 0 Å². The van der Waals surface area contributed by atoms with E-state index in [-0.39, 0.29) is 28.8 Å². The SMILES string of the molecule is C=C1CC(O)(C(F)F)N(C(=O)c2cc(C(C)C)cc(C(C)C)c2O)N1. The predicted octanol–water partition coefficient (Wildman–Crippen LogP) is 3.46. The molecule has 3 N–H and O–H groups in total. The number of hydrogen-bond acceptors (Lipinski definition) is 4. The van der Waals surface area contributed by atoms with E-state index < -0.39 is 24.5 Å². The molecule has 0 radical (unpaired) electrons. The zero-order valence-electron chi connectivity index (χ0n) is 14.8. The summed E-state index contributed by atoms with van der Waals surface area (Å²) in [5.41, 5.74) is 1.01. The summed E-state index contributed by atoms with van der Waals surface area (Å²) in [6.07, 6.45) is -3.68. The van der Waals surface area contributed by atoms with Gasteiger partial charge in [0, 0.05) is 12.1 Å². The summed E-state index contributed by atoms with van der Waals surface area (Å²) >= 11 is 0. The third-order valence-corrected chi connectivity index (χ3v) is 4.36. The molecule has 7 heteroatoms. The third-order valence-electron chi connectivity index (χ3n) is 4.36. The Kier molecular flexibility index (Phi) is 5.09.